The summed E-state index contributed by atoms with van der Waals surface area (Å²) in [5.41, 5.74) is 7.37. The van der Waals surface area contributed by atoms with Crippen LogP contribution >= 0.6 is 0 Å². The first-order chi connectivity index (χ1) is 16.7. The molecule has 4 heteroatoms. The number of hydrogen-bond donors (Lipinski definition) is 0. The average molecular weight is 448 g/mol. The van der Waals surface area contributed by atoms with Gasteiger partial charge in [0.2, 0.25) is 0 Å². The zero-order valence-corrected chi connectivity index (χ0v) is 19.6. The monoisotopic (exact) mass is 447 g/mol. The minimum absolute atomic E-state index is 0.0960. The van der Waals surface area contributed by atoms with Gasteiger partial charge >= 0.3 is 0 Å². The number of rotatable bonds is 4. The lowest BCUT2D eigenvalue weighted by Crippen LogP contribution is -2.42. The summed E-state index contributed by atoms with van der Waals surface area (Å²) in [6, 6.07) is 27.2. The Morgan fingerprint density at radius 3 is 2.35 bits per heavy atom. The molecule has 4 nitrogen and oxygen atoms in total. The van der Waals surface area contributed by atoms with E-state index in [0.29, 0.717) is 6.67 Å². The molecule has 0 aliphatic carbocycles. The van der Waals surface area contributed by atoms with Crippen molar-refractivity contribution in [3.63, 3.8) is 0 Å². The highest BCUT2D eigenvalue weighted by Gasteiger charge is 2.34. The summed E-state index contributed by atoms with van der Waals surface area (Å²) in [7, 11) is 2.11. The molecule has 2 aliphatic rings. The number of benzene rings is 3. The molecule has 4 aromatic rings. The molecule has 0 spiro atoms. The number of piperidine rings is 1. The van der Waals surface area contributed by atoms with E-state index in [-0.39, 0.29) is 5.91 Å². The van der Waals surface area contributed by atoms with Gasteiger partial charge in [-0.2, -0.15) is 0 Å². The Morgan fingerprint density at radius 2 is 1.53 bits per heavy atom. The first-order valence-electron chi connectivity index (χ1n) is 12.2. The number of aromatic nitrogens is 1. The smallest absolute Gasteiger partial charge is 0.260 e. The van der Waals surface area contributed by atoms with Crippen LogP contribution in [0.4, 0.5) is 5.69 Å². The fourth-order valence-corrected chi connectivity index (χ4v) is 5.55. The fraction of sp³-hybridized carbons (Fsp3) is 0.233. The quantitative estimate of drug-likeness (QED) is 0.350. The van der Waals surface area contributed by atoms with Crippen LogP contribution in [0.1, 0.15) is 30.4 Å². The van der Waals surface area contributed by atoms with E-state index >= 15 is 0 Å². The molecule has 0 radical (unpaired) electrons. The van der Waals surface area contributed by atoms with Crippen molar-refractivity contribution in [3.8, 4) is 11.3 Å². The van der Waals surface area contributed by atoms with Crippen molar-refractivity contribution in [3.05, 3.63) is 90.0 Å². The van der Waals surface area contributed by atoms with Gasteiger partial charge in [0.1, 0.15) is 0 Å². The summed E-state index contributed by atoms with van der Waals surface area (Å²) in [5.74, 6) is 0.0960. The number of carbonyl (C=O) groups is 1. The van der Waals surface area contributed by atoms with Crippen LogP contribution in [0.5, 0.6) is 0 Å². The van der Waals surface area contributed by atoms with Crippen molar-refractivity contribution < 1.29 is 4.79 Å². The summed E-state index contributed by atoms with van der Waals surface area (Å²) in [4.78, 5) is 18.2. The van der Waals surface area contributed by atoms with Crippen LogP contribution in [0.3, 0.4) is 0 Å². The summed E-state index contributed by atoms with van der Waals surface area (Å²) in [5, 5.41) is 1.16. The summed E-state index contributed by atoms with van der Waals surface area (Å²) < 4.78 is 2.24. The Kier molecular flexibility index (Phi) is 5.31. The second-order valence-electron chi connectivity index (χ2n) is 9.33. The number of nitrogens with zero attached hydrogens (tertiary/aromatic N) is 3. The van der Waals surface area contributed by atoms with Gasteiger partial charge in [-0.3, -0.25) is 14.6 Å². The molecule has 0 saturated carbocycles. The van der Waals surface area contributed by atoms with Gasteiger partial charge in [-0.05, 0) is 49.7 Å². The number of aryl methyl sites for hydroxylation is 1. The minimum Gasteiger partial charge on any atom is -0.343 e. The highest BCUT2D eigenvalue weighted by Crippen LogP contribution is 2.41. The molecule has 1 amide bonds. The summed E-state index contributed by atoms with van der Waals surface area (Å²) in [6.07, 6.45) is 5.84. The second-order valence-corrected chi connectivity index (χ2v) is 9.33. The normalized spacial score (nSPS) is 17.6. The molecule has 0 N–H and O–H groups in total. The summed E-state index contributed by atoms with van der Waals surface area (Å²) >= 11 is 0. The molecule has 34 heavy (non-hydrogen) atoms. The molecular weight excluding hydrogens is 418 g/mol. The third-order valence-electron chi connectivity index (χ3n) is 7.23. The van der Waals surface area contributed by atoms with Crippen LogP contribution in [0.15, 0.2) is 78.9 Å². The van der Waals surface area contributed by atoms with Gasteiger partial charge in [-0.15, -0.1) is 0 Å². The SMILES string of the molecule is Cn1c(-c2ccccc2)c(/C=C2/C(=O)N(CN3CCCCC3)c3ccccc32)c2ccccc21. The van der Waals surface area contributed by atoms with E-state index in [2.05, 4.69) is 83.3 Å². The number of fused-ring (bicyclic) bond motifs is 2. The van der Waals surface area contributed by atoms with E-state index in [1.165, 1.54) is 19.3 Å². The molecule has 2 aliphatic heterocycles. The van der Waals surface area contributed by atoms with Crippen molar-refractivity contribution in [2.45, 2.75) is 19.3 Å². The van der Waals surface area contributed by atoms with E-state index in [1.54, 1.807) is 0 Å². The van der Waals surface area contributed by atoms with E-state index in [1.807, 2.05) is 23.1 Å². The number of hydrogen-bond acceptors (Lipinski definition) is 2. The lowest BCUT2D eigenvalue weighted by atomic mass is 9.99. The first kappa shape index (κ1) is 20.9. The number of carbonyl (C=O) groups excluding carboxylic acids is 1. The van der Waals surface area contributed by atoms with Crippen LogP contribution in [0.2, 0.25) is 0 Å². The predicted octanol–water partition coefficient (Wildman–Crippen LogP) is 6.18. The number of amides is 1. The second kappa shape index (κ2) is 8.62. The van der Waals surface area contributed by atoms with E-state index in [4.69, 9.17) is 0 Å². The Morgan fingerprint density at radius 1 is 0.824 bits per heavy atom. The Hall–Kier alpha value is -3.63. The lowest BCUT2D eigenvalue weighted by Gasteiger charge is -2.30. The molecule has 0 bridgehead atoms. The maximum absolute atomic E-state index is 13.9. The predicted molar refractivity (Wildman–Crippen MR) is 140 cm³/mol. The Labute approximate surface area is 200 Å². The number of likely N-dealkylation sites (tertiary alicyclic amines) is 1. The van der Waals surface area contributed by atoms with Crippen LogP contribution in [-0.4, -0.2) is 35.1 Å². The van der Waals surface area contributed by atoms with Crippen molar-refractivity contribution in [1.29, 1.82) is 0 Å². The van der Waals surface area contributed by atoms with E-state index in [0.717, 1.165) is 57.6 Å². The molecule has 3 aromatic carbocycles. The fourth-order valence-electron chi connectivity index (χ4n) is 5.55. The molecule has 1 fully saturated rings. The van der Waals surface area contributed by atoms with E-state index in [9.17, 15) is 4.79 Å². The van der Waals surface area contributed by atoms with Crippen molar-refractivity contribution in [2.75, 3.05) is 24.7 Å². The molecule has 0 unspecified atom stereocenters. The van der Waals surface area contributed by atoms with Gasteiger partial charge in [0.25, 0.3) is 5.91 Å². The highest BCUT2D eigenvalue weighted by molar-refractivity contribution is 6.36. The maximum Gasteiger partial charge on any atom is 0.260 e. The number of para-hydroxylation sites is 2. The summed E-state index contributed by atoms with van der Waals surface area (Å²) in [6.45, 7) is 2.78. The molecule has 1 saturated heterocycles. The largest absolute Gasteiger partial charge is 0.343 e. The van der Waals surface area contributed by atoms with Crippen LogP contribution in [-0.2, 0) is 11.8 Å². The molecular formula is C30H29N3O. The third-order valence-corrected chi connectivity index (χ3v) is 7.23. The zero-order valence-electron chi connectivity index (χ0n) is 19.6. The van der Waals surface area contributed by atoms with Gasteiger partial charge in [-0.25, -0.2) is 0 Å². The maximum atomic E-state index is 13.9. The third kappa shape index (κ3) is 3.46. The minimum atomic E-state index is 0.0960. The highest BCUT2D eigenvalue weighted by atomic mass is 16.2. The molecule has 3 heterocycles. The number of anilines is 1. The molecule has 1 aromatic heterocycles. The van der Waals surface area contributed by atoms with Crippen molar-refractivity contribution in [2.24, 2.45) is 7.05 Å². The molecule has 170 valence electrons. The van der Waals surface area contributed by atoms with Gasteiger partial charge in [0.05, 0.1) is 18.1 Å². The van der Waals surface area contributed by atoms with Gasteiger partial charge in [-0.1, -0.05) is 73.2 Å². The molecule has 6 rings (SSSR count). The first-order valence-corrected chi connectivity index (χ1v) is 12.2. The van der Waals surface area contributed by atoms with Crippen LogP contribution in [0.25, 0.3) is 33.8 Å². The molecule has 0 atom stereocenters. The standard InChI is InChI=1S/C30H29N3O/c1-31-27-16-8-6-14-23(27)25(29(31)22-12-4-2-5-13-22)20-26-24-15-7-9-17-28(24)33(30(26)34)21-32-18-10-3-11-19-32/h2,4-9,12-17,20H,3,10-11,18-19,21H2,1H3/b26-20+. The van der Waals surface area contributed by atoms with Crippen LogP contribution < -0.4 is 4.90 Å². The van der Waals surface area contributed by atoms with Gasteiger partial charge in [0, 0.05) is 34.7 Å². The van der Waals surface area contributed by atoms with E-state index < -0.39 is 0 Å². The zero-order chi connectivity index (χ0) is 23.1. The van der Waals surface area contributed by atoms with Gasteiger partial charge < -0.3 is 4.57 Å². The topological polar surface area (TPSA) is 28.5 Å². The van der Waals surface area contributed by atoms with Crippen molar-refractivity contribution >= 4 is 34.1 Å². The average Bonchev–Trinajstić information content (AvgIpc) is 3.32. The Bertz CT molecular complexity index is 1390. The lowest BCUT2D eigenvalue weighted by molar-refractivity contribution is -0.113. The van der Waals surface area contributed by atoms with Crippen molar-refractivity contribution in [1.82, 2.24) is 9.47 Å². The van der Waals surface area contributed by atoms with Crippen LogP contribution in [0, 0.1) is 0 Å². The Balaban J connectivity index is 1.51. The van der Waals surface area contributed by atoms with Gasteiger partial charge in [0.15, 0.2) is 0 Å².